The van der Waals surface area contributed by atoms with Crippen LogP contribution in [0.1, 0.15) is 36.8 Å². The van der Waals surface area contributed by atoms with Gasteiger partial charge in [-0.15, -0.1) is 11.1 Å². The highest BCUT2D eigenvalue weighted by Crippen LogP contribution is 2.38. The Hall–Kier alpha value is -0.173. The summed E-state index contributed by atoms with van der Waals surface area (Å²) in [5, 5.41) is 0. The van der Waals surface area contributed by atoms with Gasteiger partial charge in [0.05, 0.1) is 0 Å². The zero-order valence-corrected chi connectivity index (χ0v) is 19.5. The summed E-state index contributed by atoms with van der Waals surface area (Å²) in [5.41, 5.74) is 2.71. The summed E-state index contributed by atoms with van der Waals surface area (Å²) in [6.07, 6.45) is 5.21. The third kappa shape index (κ3) is 4.13. The predicted octanol–water partition coefficient (Wildman–Crippen LogP) is 6.06. The monoisotopic (exact) mass is 511 g/mol. The molecule has 26 heavy (non-hydrogen) atoms. The summed E-state index contributed by atoms with van der Waals surface area (Å²) in [7, 11) is -1.21. The number of halogens is 3. The highest BCUT2D eigenvalue weighted by atomic mass is 79.9. The molecule has 1 aliphatic heterocycles. The van der Waals surface area contributed by atoms with Crippen LogP contribution in [0.4, 0.5) is 0 Å². The van der Waals surface area contributed by atoms with Gasteiger partial charge in [0.25, 0.3) is 0 Å². The van der Waals surface area contributed by atoms with Crippen molar-refractivity contribution in [3.05, 3.63) is 68.6 Å². The predicted molar refractivity (Wildman–Crippen MR) is 117 cm³/mol. The van der Waals surface area contributed by atoms with Gasteiger partial charge in [0.1, 0.15) is 0 Å². The second-order valence-electron chi connectivity index (χ2n) is 7.20. The highest BCUT2D eigenvalue weighted by molar-refractivity contribution is 9.10. The van der Waals surface area contributed by atoms with Gasteiger partial charge in [0, 0.05) is 34.1 Å². The average Bonchev–Trinajstić information content (AvgIpc) is 2.91. The van der Waals surface area contributed by atoms with Crippen molar-refractivity contribution in [3.8, 4) is 0 Å². The molecule has 137 valence electrons. The normalized spacial score (nSPS) is 24.7. The lowest BCUT2D eigenvalue weighted by Crippen LogP contribution is -2.40. The molecule has 6 heteroatoms. The van der Waals surface area contributed by atoms with Crippen LogP contribution in [0.3, 0.4) is 0 Å². The van der Waals surface area contributed by atoms with E-state index in [1.165, 1.54) is 36.8 Å². The van der Waals surface area contributed by atoms with Gasteiger partial charge in [-0.3, -0.25) is 9.13 Å². The molecule has 2 aliphatic rings. The lowest BCUT2D eigenvalue weighted by Gasteiger charge is -2.33. The van der Waals surface area contributed by atoms with Crippen molar-refractivity contribution >= 4 is 51.4 Å². The van der Waals surface area contributed by atoms with Crippen molar-refractivity contribution in [2.75, 3.05) is 0 Å². The maximum Gasteiger partial charge on any atom is 0.345 e. The Labute approximate surface area is 179 Å². The van der Waals surface area contributed by atoms with Gasteiger partial charge in [0.15, 0.2) is 0 Å². The summed E-state index contributed by atoms with van der Waals surface area (Å²) in [6.45, 7) is 1.92. The molecule has 1 radical (unpaired) electrons. The Kier molecular flexibility index (Phi) is 6.23. The Morgan fingerprint density at radius 1 is 0.769 bits per heavy atom. The molecule has 2 nitrogen and oxygen atoms in total. The van der Waals surface area contributed by atoms with Crippen molar-refractivity contribution in [2.45, 2.75) is 50.9 Å². The maximum atomic E-state index is 7.12. The summed E-state index contributed by atoms with van der Waals surface area (Å²) >= 11 is 14.2. The average molecular weight is 514 g/mol. The van der Waals surface area contributed by atoms with E-state index >= 15 is 0 Å². The van der Waals surface area contributed by atoms with Gasteiger partial charge in [0.2, 0.25) is 0 Å². The van der Waals surface area contributed by atoms with Gasteiger partial charge >= 0.3 is 8.43 Å². The molecule has 0 bridgehead atoms. The summed E-state index contributed by atoms with van der Waals surface area (Å²) in [6, 6.07) is 18.6. The minimum atomic E-state index is -1.21. The quantitative estimate of drug-likeness (QED) is 0.362. The van der Waals surface area contributed by atoms with E-state index < -0.39 is 8.43 Å². The van der Waals surface area contributed by atoms with Gasteiger partial charge in [-0.25, -0.2) is 0 Å². The first-order valence-electron chi connectivity index (χ1n) is 9.16. The molecule has 0 N–H and O–H groups in total. The van der Waals surface area contributed by atoms with Gasteiger partial charge in [-0.05, 0) is 48.2 Å². The number of benzene rings is 2. The molecule has 2 aromatic carbocycles. The number of fused-ring (bicyclic) bond motifs is 1. The summed E-state index contributed by atoms with van der Waals surface area (Å²) in [5.74, 6) is 0. The molecule has 1 heterocycles. The first kappa shape index (κ1) is 19.2. The van der Waals surface area contributed by atoms with Crippen LogP contribution >= 0.6 is 42.9 Å². The molecule has 2 atom stereocenters. The van der Waals surface area contributed by atoms with Gasteiger partial charge < -0.3 is 0 Å². The second-order valence-corrected chi connectivity index (χ2v) is 11.7. The molecular weight excluding hydrogens is 492 g/mol. The minimum absolute atomic E-state index is 0.606. The van der Waals surface area contributed by atoms with Crippen molar-refractivity contribution in [2.24, 2.45) is 0 Å². The molecule has 2 unspecified atom stereocenters. The SMILES string of the molecule is Cl[Si]1N(Cc2ccc(Br)cc2)C2CCCCC2N1Cc1ccc(Br)cc1. The molecule has 0 aromatic heterocycles. The molecule has 4 rings (SSSR count). The Balaban J connectivity index is 1.55. The van der Waals surface area contributed by atoms with Crippen LogP contribution in [0.15, 0.2) is 57.5 Å². The van der Waals surface area contributed by atoms with E-state index in [9.17, 15) is 0 Å². The third-order valence-electron chi connectivity index (χ3n) is 5.50. The molecular formula is C20H22Br2ClN2Si. The fourth-order valence-electron chi connectivity index (χ4n) is 4.20. The number of hydrogen-bond acceptors (Lipinski definition) is 2. The zero-order valence-electron chi connectivity index (χ0n) is 14.5. The van der Waals surface area contributed by atoms with E-state index in [-0.39, 0.29) is 0 Å². The van der Waals surface area contributed by atoms with Crippen LogP contribution in [0.2, 0.25) is 0 Å². The molecule has 1 saturated carbocycles. The second kappa shape index (κ2) is 8.46. The van der Waals surface area contributed by atoms with Crippen LogP contribution in [-0.4, -0.2) is 29.6 Å². The van der Waals surface area contributed by atoms with Crippen molar-refractivity contribution < 1.29 is 0 Å². The topological polar surface area (TPSA) is 6.48 Å². The maximum absolute atomic E-state index is 7.12. The number of hydrogen-bond donors (Lipinski definition) is 0. The van der Waals surface area contributed by atoms with Crippen molar-refractivity contribution in [1.82, 2.24) is 9.13 Å². The minimum Gasteiger partial charge on any atom is -0.291 e. The van der Waals surface area contributed by atoms with Crippen LogP contribution in [0, 0.1) is 0 Å². The molecule has 1 aliphatic carbocycles. The number of rotatable bonds is 4. The molecule has 2 fully saturated rings. The van der Waals surface area contributed by atoms with Crippen molar-refractivity contribution in [1.29, 1.82) is 0 Å². The molecule has 2 aromatic rings. The fourth-order valence-corrected chi connectivity index (χ4v) is 7.94. The third-order valence-corrected chi connectivity index (χ3v) is 9.79. The largest absolute Gasteiger partial charge is 0.345 e. The van der Waals surface area contributed by atoms with Crippen LogP contribution in [-0.2, 0) is 13.1 Å². The van der Waals surface area contributed by atoms with E-state index in [0.29, 0.717) is 12.1 Å². The number of nitrogens with zero attached hydrogens (tertiary/aromatic N) is 2. The van der Waals surface area contributed by atoms with Crippen LogP contribution < -0.4 is 0 Å². The lowest BCUT2D eigenvalue weighted by atomic mass is 9.90. The van der Waals surface area contributed by atoms with E-state index in [4.69, 9.17) is 11.1 Å². The molecule has 0 spiro atoms. The van der Waals surface area contributed by atoms with Gasteiger partial charge in [-0.1, -0.05) is 69.0 Å². The Morgan fingerprint density at radius 3 is 1.54 bits per heavy atom. The lowest BCUT2D eigenvalue weighted by molar-refractivity contribution is 0.197. The standard InChI is InChI=1S/C20H22Br2ClN2Si/c21-17-9-5-15(6-10-17)13-24-19-3-1-2-4-20(19)25(26(24)23)14-16-7-11-18(22)12-8-16/h5-12,19-20H,1-4,13-14H2. The first-order chi connectivity index (χ1) is 12.6. The van der Waals surface area contributed by atoms with E-state index in [2.05, 4.69) is 89.5 Å². The van der Waals surface area contributed by atoms with Crippen LogP contribution in [0.5, 0.6) is 0 Å². The summed E-state index contributed by atoms with van der Waals surface area (Å²) in [4.78, 5) is 0. The molecule has 0 amide bonds. The smallest absolute Gasteiger partial charge is 0.291 e. The molecule has 1 saturated heterocycles. The highest BCUT2D eigenvalue weighted by Gasteiger charge is 2.48. The zero-order chi connectivity index (χ0) is 18.1. The van der Waals surface area contributed by atoms with E-state index in [0.717, 1.165) is 22.0 Å². The van der Waals surface area contributed by atoms with Crippen molar-refractivity contribution in [3.63, 3.8) is 0 Å². The van der Waals surface area contributed by atoms with Gasteiger partial charge in [-0.2, -0.15) is 0 Å². The summed E-state index contributed by atoms with van der Waals surface area (Å²) < 4.78 is 7.48. The fraction of sp³-hybridized carbons (Fsp3) is 0.400. The van der Waals surface area contributed by atoms with E-state index in [1.807, 2.05) is 0 Å². The first-order valence-corrected chi connectivity index (χ1v) is 13.2. The Bertz CT molecular complexity index is 677. The van der Waals surface area contributed by atoms with E-state index in [1.54, 1.807) is 0 Å². The Morgan fingerprint density at radius 2 is 1.15 bits per heavy atom. The van der Waals surface area contributed by atoms with Crippen LogP contribution in [0.25, 0.3) is 0 Å².